The molecule has 0 bridgehead atoms. The molecule has 0 spiro atoms. The van der Waals surface area contributed by atoms with Gasteiger partial charge in [0.2, 0.25) is 0 Å². The summed E-state index contributed by atoms with van der Waals surface area (Å²) in [5.74, 6) is -0.634. The second kappa shape index (κ2) is 7.70. The Morgan fingerprint density at radius 2 is 1.92 bits per heavy atom. The van der Waals surface area contributed by atoms with E-state index in [0.717, 1.165) is 0 Å². The summed E-state index contributed by atoms with van der Waals surface area (Å²) in [6, 6.07) is 11.3. The molecule has 0 aliphatic carbocycles. The fourth-order valence-electron chi connectivity index (χ4n) is 1.94. The van der Waals surface area contributed by atoms with Gasteiger partial charge in [-0.05, 0) is 37.3 Å². The van der Waals surface area contributed by atoms with E-state index in [9.17, 15) is 9.59 Å². The smallest absolute Gasteiger partial charge is 0.338 e. The van der Waals surface area contributed by atoms with E-state index in [0.29, 0.717) is 16.5 Å². The van der Waals surface area contributed by atoms with Crippen LogP contribution in [0.2, 0.25) is 5.02 Å². The van der Waals surface area contributed by atoms with Crippen LogP contribution in [-0.2, 0) is 9.53 Å². The van der Waals surface area contributed by atoms with Gasteiger partial charge in [0.15, 0.2) is 6.10 Å². The normalized spacial score (nSPS) is 11.5. The molecule has 0 saturated carbocycles. The van der Waals surface area contributed by atoms with Crippen molar-refractivity contribution < 1.29 is 19.1 Å². The Kier molecular flexibility index (Phi) is 5.65. The number of ether oxygens (including phenoxy) is 2. The zero-order chi connectivity index (χ0) is 17.7. The molecule has 24 heavy (non-hydrogen) atoms. The van der Waals surface area contributed by atoms with Gasteiger partial charge in [0, 0.05) is 0 Å². The number of nitrogens with one attached hydrogen (secondary N) is 1. The van der Waals surface area contributed by atoms with E-state index in [-0.39, 0.29) is 11.3 Å². The lowest BCUT2D eigenvalue weighted by Gasteiger charge is -2.15. The maximum Gasteiger partial charge on any atom is 0.338 e. The van der Waals surface area contributed by atoms with Crippen LogP contribution in [0.1, 0.15) is 17.3 Å². The maximum atomic E-state index is 12.2. The number of nitrogen functional groups attached to an aromatic ring is 1. The number of benzene rings is 2. The van der Waals surface area contributed by atoms with E-state index in [1.165, 1.54) is 32.2 Å². The molecule has 0 fully saturated rings. The second-order valence-corrected chi connectivity index (χ2v) is 5.38. The van der Waals surface area contributed by atoms with Crippen LogP contribution in [0.25, 0.3) is 0 Å². The number of esters is 1. The minimum atomic E-state index is -1.00. The summed E-state index contributed by atoms with van der Waals surface area (Å²) in [6.07, 6.45) is -1.00. The Hall–Kier alpha value is -2.73. The number of carbonyl (C=O) groups is 2. The van der Waals surface area contributed by atoms with Crippen molar-refractivity contribution in [1.82, 2.24) is 0 Å². The number of methoxy groups -OCH3 is 1. The minimum absolute atomic E-state index is 0.217. The number of anilines is 2. The third-order valence-electron chi connectivity index (χ3n) is 3.25. The molecular weight excluding hydrogens is 332 g/mol. The molecule has 3 N–H and O–H groups in total. The highest BCUT2D eigenvalue weighted by Gasteiger charge is 2.20. The molecule has 2 rings (SSSR count). The lowest BCUT2D eigenvalue weighted by Crippen LogP contribution is -2.30. The van der Waals surface area contributed by atoms with Crippen molar-refractivity contribution in [1.29, 1.82) is 0 Å². The first-order valence-electron chi connectivity index (χ1n) is 7.12. The van der Waals surface area contributed by atoms with Crippen molar-refractivity contribution in [2.75, 3.05) is 18.2 Å². The summed E-state index contributed by atoms with van der Waals surface area (Å²) in [6.45, 7) is 1.47. The van der Waals surface area contributed by atoms with Crippen molar-refractivity contribution in [3.05, 3.63) is 53.1 Å². The van der Waals surface area contributed by atoms with Crippen LogP contribution < -0.4 is 15.8 Å². The molecule has 1 amide bonds. The summed E-state index contributed by atoms with van der Waals surface area (Å²) < 4.78 is 10.3. The van der Waals surface area contributed by atoms with E-state index in [2.05, 4.69) is 5.32 Å². The number of para-hydroxylation sites is 2. The van der Waals surface area contributed by atoms with Crippen LogP contribution in [0.3, 0.4) is 0 Å². The van der Waals surface area contributed by atoms with Gasteiger partial charge in [-0.2, -0.15) is 0 Å². The molecule has 1 atom stereocenters. The van der Waals surface area contributed by atoms with Gasteiger partial charge in [0.1, 0.15) is 5.75 Å². The number of nitrogens with two attached hydrogens (primary N) is 1. The molecule has 126 valence electrons. The first-order chi connectivity index (χ1) is 11.4. The topological polar surface area (TPSA) is 90.6 Å². The monoisotopic (exact) mass is 348 g/mol. The van der Waals surface area contributed by atoms with Gasteiger partial charge in [0.25, 0.3) is 5.91 Å². The minimum Gasteiger partial charge on any atom is -0.495 e. The summed E-state index contributed by atoms with van der Waals surface area (Å²) in [5, 5.41) is 2.99. The number of carbonyl (C=O) groups excluding carboxylic acids is 2. The fourth-order valence-corrected chi connectivity index (χ4v) is 2.05. The van der Waals surface area contributed by atoms with Gasteiger partial charge in [-0.25, -0.2) is 4.79 Å². The highest BCUT2D eigenvalue weighted by molar-refractivity contribution is 6.33. The predicted molar refractivity (Wildman–Crippen MR) is 92.4 cm³/mol. The Labute approximate surface area is 144 Å². The fraction of sp³-hybridized carbons (Fsp3) is 0.176. The summed E-state index contributed by atoms with van der Waals surface area (Å²) in [4.78, 5) is 24.3. The first-order valence-corrected chi connectivity index (χ1v) is 7.50. The summed E-state index contributed by atoms with van der Waals surface area (Å²) >= 11 is 5.81. The van der Waals surface area contributed by atoms with Crippen LogP contribution in [0.4, 0.5) is 11.4 Å². The van der Waals surface area contributed by atoms with Gasteiger partial charge in [-0.15, -0.1) is 0 Å². The lowest BCUT2D eigenvalue weighted by atomic mass is 10.2. The van der Waals surface area contributed by atoms with Gasteiger partial charge in [-0.1, -0.05) is 23.7 Å². The van der Waals surface area contributed by atoms with Crippen molar-refractivity contribution in [2.24, 2.45) is 0 Å². The molecule has 0 aliphatic rings. The number of amides is 1. The van der Waals surface area contributed by atoms with Gasteiger partial charge < -0.3 is 20.5 Å². The van der Waals surface area contributed by atoms with Crippen molar-refractivity contribution in [3.63, 3.8) is 0 Å². The van der Waals surface area contributed by atoms with E-state index in [1.54, 1.807) is 24.3 Å². The van der Waals surface area contributed by atoms with E-state index in [1.807, 2.05) is 0 Å². The lowest BCUT2D eigenvalue weighted by molar-refractivity contribution is -0.123. The molecule has 0 heterocycles. The van der Waals surface area contributed by atoms with Crippen LogP contribution in [0.15, 0.2) is 42.5 Å². The molecule has 0 saturated heterocycles. The zero-order valence-electron chi connectivity index (χ0n) is 13.2. The van der Waals surface area contributed by atoms with Crippen LogP contribution >= 0.6 is 11.6 Å². The van der Waals surface area contributed by atoms with E-state index >= 15 is 0 Å². The Morgan fingerprint density at radius 3 is 2.58 bits per heavy atom. The molecule has 2 aromatic carbocycles. The number of halogens is 1. The summed E-state index contributed by atoms with van der Waals surface area (Å²) in [5.41, 5.74) is 6.62. The molecule has 1 unspecified atom stereocenters. The number of hydrogen-bond donors (Lipinski definition) is 2. The van der Waals surface area contributed by atoms with Crippen LogP contribution in [0.5, 0.6) is 5.75 Å². The molecule has 0 aliphatic heterocycles. The number of rotatable bonds is 5. The molecule has 2 aromatic rings. The first kappa shape index (κ1) is 17.6. The van der Waals surface area contributed by atoms with Crippen molar-refractivity contribution in [2.45, 2.75) is 13.0 Å². The number of hydrogen-bond acceptors (Lipinski definition) is 5. The molecule has 0 aromatic heterocycles. The highest BCUT2D eigenvalue weighted by atomic mass is 35.5. The average molecular weight is 349 g/mol. The van der Waals surface area contributed by atoms with E-state index in [4.69, 9.17) is 26.8 Å². The molecule has 7 heteroatoms. The average Bonchev–Trinajstić information content (AvgIpc) is 2.57. The standard InChI is InChI=1S/C17H17ClN2O4/c1-10(16(21)20-14-5-3-4-6-15(14)23-2)24-17(22)11-7-8-12(18)13(19)9-11/h3-10H,19H2,1-2H3,(H,20,21). The quantitative estimate of drug-likeness (QED) is 0.640. The summed E-state index contributed by atoms with van der Waals surface area (Å²) in [7, 11) is 1.50. The third kappa shape index (κ3) is 4.17. The second-order valence-electron chi connectivity index (χ2n) is 4.97. The highest BCUT2D eigenvalue weighted by Crippen LogP contribution is 2.23. The SMILES string of the molecule is COc1ccccc1NC(=O)C(C)OC(=O)c1ccc(Cl)c(N)c1. The van der Waals surface area contributed by atoms with Gasteiger partial charge >= 0.3 is 5.97 Å². The van der Waals surface area contributed by atoms with E-state index < -0.39 is 18.0 Å². The Bertz CT molecular complexity index is 764. The van der Waals surface area contributed by atoms with Crippen molar-refractivity contribution in [3.8, 4) is 5.75 Å². The van der Waals surface area contributed by atoms with Crippen molar-refractivity contribution >= 4 is 34.9 Å². The maximum absolute atomic E-state index is 12.2. The van der Waals surface area contributed by atoms with Gasteiger partial charge in [-0.3, -0.25) is 4.79 Å². The largest absolute Gasteiger partial charge is 0.495 e. The molecule has 6 nitrogen and oxygen atoms in total. The Balaban J connectivity index is 2.03. The zero-order valence-corrected chi connectivity index (χ0v) is 14.0. The predicted octanol–water partition coefficient (Wildman–Crippen LogP) is 3.11. The van der Waals surface area contributed by atoms with Crippen LogP contribution in [-0.4, -0.2) is 25.1 Å². The van der Waals surface area contributed by atoms with Gasteiger partial charge in [0.05, 0.1) is 29.1 Å². The van der Waals surface area contributed by atoms with Crippen LogP contribution in [0, 0.1) is 0 Å². The molecular formula is C17H17ClN2O4. The third-order valence-corrected chi connectivity index (χ3v) is 3.59. The molecule has 0 radical (unpaired) electrons. The Morgan fingerprint density at radius 1 is 1.21 bits per heavy atom.